The van der Waals surface area contributed by atoms with Crippen molar-refractivity contribution < 1.29 is 0 Å². The summed E-state index contributed by atoms with van der Waals surface area (Å²) in [6, 6.07) is 3.83. The summed E-state index contributed by atoms with van der Waals surface area (Å²) in [5, 5.41) is 4.13. The standard InChI is InChI=1S/C14H17N7O2/c1-18-7-5-6-9(18)8-15-17-13-16-11-10(19(13)2)12(22)21(4)14(23)20(11)3/h5-8H,1-4H3,(H,16,17)/b15-8+. The van der Waals surface area contributed by atoms with Gasteiger partial charge in [0.05, 0.1) is 11.9 Å². The lowest BCUT2D eigenvalue weighted by Gasteiger charge is -2.03. The molecular formula is C14H17N7O2. The minimum Gasteiger partial charge on any atom is -0.350 e. The van der Waals surface area contributed by atoms with E-state index in [9.17, 15) is 9.59 Å². The first-order valence-electron chi connectivity index (χ1n) is 6.94. The average Bonchev–Trinajstić information content (AvgIpc) is 3.08. The van der Waals surface area contributed by atoms with Crippen LogP contribution in [0, 0.1) is 0 Å². The summed E-state index contributed by atoms with van der Waals surface area (Å²) in [5.74, 6) is 0.378. The lowest BCUT2D eigenvalue weighted by Crippen LogP contribution is -2.37. The molecule has 0 aliphatic heterocycles. The van der Waals surface area contributed by atoms with E-state index in [2.05, 4.69) is 15.5 Å². The number of hydrazone groups is 1. The van der Waals surface area contributed by atoms with E-state index < -0.39 is 11.2 Å². The number of nitrogens with zero attached hydrogens (tertiary/aromatic N) is 6. The van der Waals surface area contributed by atoms with E-state index in [0.29, 0.717) is 17.1 Å². The number of aryl methyl sites for hydroxylation is 3. The van der Waals surface area contributed by atoms with Crippen molar-refractivity contribution in [3.8, 4) is 0 Å². The predicted octanol–water partition coefficient (Wildman–Crippen LogP) is -0.245. The van der Waals surface area contributed by atoms with Crippen LogP contribution < -0.4 is 16.7 Å². The van der Waals surface area contributed by atoms with Crippen LogP contribution in [0.2, 0.25) is 0 Å². The Balaban J connectivity index is 2.05. The van der Waals surface area contributed by atoms with Crippen LogP contribution in [0.1, 0.15) is 5.69 Å². The van der Waals surface area contributed by atoms with Crippen molar-refractivity contribution >= 4 is 23.3 Å². The molecule has 0 spiro atoms. The molecule has 9 heteroatoms. The molecule has 3 heterocycles. The van der Waals surface area contributed by atoms with Gasteiger partial charge in [-0.25, -0.2) is 10.2 Å². The summed E-state index contributed by atoms with van der Waals surface area (Å²) in [4.78, 5) is 28.5. The van der Waals surface area contributed by atoms with Crippen LogP contribution in [0.4, 0.5) is 5.95 Å². The van der Waals surface area contributed by atoms with Crippen molar-refractivity contribution in [2.75, 3.05) is 5.43 Å². The molecule has 3 aromatic heterocycles. The molecule has 0 bridgehead atoms. The number of hydrogen-bond donors (Lipinski definition) is 1. The van der Waals surface area contributed by atoms with Crippen LogP contribution in [0.15, 0.2) is 33.0 Å². The minimum absolute atomic E-state index is 0.317. The fourth-order valence-corrected chi connectivity index (χ4v) is 2.38. The maximum Gasteiger partial charge on any atom is 0.332 e. The van der Waals surface area contributed by atoms with Crippen molar-refractivity contribution in [3.05, 3.63) is 44.9 Å². The predicted molar refractivity (Wildman–Crippen MR) is 87.8 cm³/mol. The van der Waals surface area contributed by atoms with E-state index in [-0.39, 0.29) is 0 Å². The fraction of sp³-hybridized carbons (Fsp3) is 0.286. The molecular weight excluding hydrogens is 298 g/mol. The largest absolute Gasteiger partial charge is 0.350 e. The van der Waals surface area contributed by atoms with Crippen molar-refractivity contribution in [2.45, 2.75) is 0 Å². The molecule has 1 N–H and O–H groups in total. The highest BCUT2D eigenvalue weighted by Crippen LogP contribution is 2.12. The third kappa shape index (κ3) is 2.26. The Morgan fingerprint density at radius 3 is 2.52 bits per heavy atom. The Bertz CT molecular complexity index is 1030. The van der Waals surface area contributed by atoms with E-state index in [1.165, 1.54) is 11.6 Å². The van der Waals surface area contributed by atoms with E-state index >= 15 is 0 Å². The van der Waals surface area contributed by atoms with Gasteiger partial charge in [0.1, 0.15) is 0 Å². The number of anilines is 1. The van der Waals surface area contributed by atoms with E-state index in [4.69, 9.17) is 0 Å². The Kier molecular flexibility index (Phi) is 3.40. The van der Waals surface area contributed by atoms with Crippen molar-refractivity contribution in [1.82, 2.24) is 23.3 Å². The lowest BCUT2D eigenvalue weighted by atomic mass is 10.5. The first-order valence-corrected chi connectivity index (χ1v) is 6.94. The SMILES string of the molecule is Cn1cccc1/C=N/Nc1nc2c(c(=O)n(C)c(=O)n2C)n1C. The molecule has 0 atom stereocenters. The molecule has 3 aromatic rings. The first kappa shape index (κ1) is 14.8. The summed E-state index contributed by atoms with van der Waals surface area (Å²) >= 11 is 0. The summed E-state index contributed by atoms with van der Waals surface area (Å²) in [7, 11) is 6.63. The number of imidazole rings is 1. The van der Waals surface area contributed by atoms with Crippen LogP contribution in [0.5, 0.6) is 0 Å². The van der Waals surface area contributed by atoms with Gasteiger partial charge in [0.2, 0.25) is 5.95 Å². The molecule has 23 heavy (non-hydrogen) atoms. The van der Waals surface area contributed by atoms with Gasteiger partial charge in [0.15, 0.2) is 11.2 Å². The second kappa shape index (κ2) is 5.27. The Hall–Kier alpha value is -3.10. The molecule has 3 rings (SSSR count). The zero-order valence-corrected chi connectivity index (χ0v) is 13.3. The quantitative estimate of drug-likeness (QED) is 0.533. The topological polar surface area (TPSA) is 91.1 Å². The van der Waals surface area contributed by atoms with Gasteiger partial charge in [-0.3, -0.25) is 13.9 Å². The van der Waals surface area contributed by atoms with Gasteiger partial charge in [-0.2, -0.15) is 10.1 Å². The molecule has 0 aliphatic carbocycles. The molecule has 0 aliphatic rings. The summed E-state index contributed by atoms with van der Waals surface area (Å²) < 4.78 is 5.89. The molecule has 0 radical (unpaired) electrons. The molecule has 0 aromatic carbocycles. The van der Waals surface area contributed by atoms with Crippen molar-refractivity contribution in [1.29, 1.82) is 0 Å². The second-order valence-corrected chi connectivity index (χ2v) is 5.29. The van der Waals surface area contributed by atoms with Crippen LogP contribution in [-0.2, 0) is 28.2 Å². The minimum atomic E-state index is -0.417. The zero-order chi connectivity index (χ0) is 16.7. The number of hydrogen-bond acceptors (Lipinski definition) is 5. The molecule has 0 unspecified atom stereocenters. The third-order valence-electron chi connectivity index (χ3n) is 3.82. The second-order valence-electron chi connectivity index (χ2n) is 5.29. The number of fused-ring (bicyclic) bond motifs is 1. The summed E-state index contributed by atoms with van der Waals surface area (Å²) in [6.45, 7) is 0. The van der Waals surface area contributed by atoms with Crippen LogP contribution >= 0.6 is 0 Å². The van der Waals surface area contributed by atoms with Crippen LogP contribution in [0.25, 0.3) is 11.2 Å². The monoisotopic (exact) mass is 315 g/mol. The van der Waals surface area contributed by atoms with Gasteiger partial charge in [0.25, 0.3) is 5.56 Å². The molecule has 0 saturated heterocycles. The molecule has 9 nitrogen and oxygen atoms in total. The van der Waals surface area contributed by atoms with Gasteiger partial charge in [0, 0.05) is 34.4 Å². The van der Waals surface area contributed by atoms with Gasteiger partial charge in [-0.1, -0.05) is 0 Å². The lowest BCUT2D eigenvalue weighted by molar-refractivity contribution is 0.705. The van der Waals surface area contributed by atoms with Gasteiger partial charge < -0.3 is 9.13 Å². The summed E-state index contributed by atoms with van der Waals surface area (Å²) in [5.41, 5.74) is 3.57. The number of nitrogens with one attached hydrogen (secondary N) is 1. The smallest absolute Gasteiger partial charge is 0.332 e. The van der Waals surface area contributed by atoms with E-state index in [0.717, 1.165) is 10.3 Å². The van der Waals surface area contributed by atoms with Gasteiger partial charge in [-0.05, 0) is 12.1 Å². The Labute approximate surface area is 131 Å². The molecule has 0 amide bonds. The van der Waals surface area contributed by atoms with E-state index in [1.54, 1.807) is 24.9 Å². The number of aromatic nitrogens is 5. The zero-order valence-electron chi connectivity index (χ0n) is 13.3. The van der Waals surface area contributed by atoms with Crippen molar-refractivity contribution in [3.63, 3.8) is 0 Å². The normalized spacial score (nSPS) is 11.7. The maximum atomic E-state index is 12.3. The third-order valence-corrected chi connectivity index (χ3v) is 3.82. The molecule has 0 saturated carbocycles. The molecule has 120 valence electrons. The van der Waals surface area contributed by atoms with Crippen LogP contribution in [-0.4, -0.2) is 29.5 Å². The van der Waals surface area contributed by atoms with E-state index in [1.807, 2.05) is 29.9 Å². The Morgan fingerprint density at radius 2 is 1.87 bits per heavy atom. The first-order chi connectivity index (χ1) is 10.9. The van der Waals surface area contributed by atoms with Crippen LogP contribution in [0.3, 0.4) is 0 Å². The maximum absolute atomic E-state index is 12.3. The highest BCUT2D eigenvalue weighted by Gasteiger charge is 2.16. The number of rotatable bonds is 3. The fourth-order valence-electron chi connectivity index (χ4n) is 2.38. The van der Waals surface area contributed by atoms with Gasteiger partial charge >= 0.3 is 5.69 Å². The molecule has 0 fully saturated rings. The van der Waals surface area contributed by atoms with Gasteiger partial charge in [-0.15, -0.1) is 0 Å². The average molecular weight is 315 g/mol. The highest BCUT2D eigenvalue weighted by molar-refractivity contribution is 5.78. The highest BCUT2D eigenvalue weighted by atomic mass is 16.2. The Morgan fingerprint density at radius 1 is 1.13 bits per heavy atom. The van der Waals surface area contributed by atoms with Crippen molar-refractivity contribution in [2.24, 2.45) is 33.3 Å². The summed E-state index contributed by atoms with van der Waals surface area (Å²) in [6.07, 6.45) is 3.56.